The first-order valence-corrected chi connectivity index (χ1v) is 11.4. The number of hydrogen-bond donors (Lipinski definition) is 1. The Morgan fingerprint density at radius 3 is 2.25 bits per heavy atom. The maximum absolute atomic E-state index is 13.0. The molecular weight excluding hydrogens is 452 g/mol. The zero-order valence-electron chi connectivity index (χ0n) is 17.8. The zero-order chi connectivity index (χ0) is 23.3. The average Bonchev–Trinajstić information content (AvgIpc) is 2.82. The maximum atomic E-state index is 13.0. The lowest BCUT2D eigenvalue weighted by Crippen LogP contribution is -2.27. The summed E-state index contributed by atoms with van der Waals surface area (Å²) in [6.45, 7) is 0.286. The molecule has 3 aromatic rings. The fraction of sp³-hybridized carbons (Fsp3) is 0.174. The minimum atomic E-state index is -3.85. The van der Waals surface area contributed by atoms with Gasteiger partial charge >= 0.3 is 0 Å². The van der Waals surface area contributed by atoms with Crippen LogP contribution in [0.2, 0.25) is 5.02 Å². The number of sulfonamides is 1. The van der Waals surface area contributed by atoms with Gasteiger partial charge in [-0.1, -0.05) is 29.8 Å². The Balaban J connectivity index is 1.74. The molecule has 0 radical (unpaired) electrons. The number of carbonyl (C=O) groups excluding carboxylic acids is 1. The first kappa shape index (κ1) is 23.4. The molecule has 0 saturated heterocycles. The van der Waals surface area contributed by atoms with Crippen LogP contribution in [0.15, 0.2) is 71.6 Å². The van der Waals surface area contributed by atoms with Crippen molar-refractivity contribution >= 4 is 33.2 Å². The number of benzene rings is 3. The van der Waals surface area contributed by atoms with Gasteiger partial charge in [-0.25, -0.2) is 8.42 Å². The van der Waals surface area contributed by atoms with Crippen molar-refractivity contribution in [1.29, 1.82) is 0 Å². The summed E-state index contributed by atoms with van der Waals surface area (Å²) in [4.78, 5) is 12.5. The third-order valence-corrected chi connectivity index (χ3v) is 7.05. The standard InChI is InChI=1S/C23H23ClN2O5S/c1-26(32(28,29)19-12-13-21(30-2)22(14-19)31-3)18-10-8-16(9-11-18)23(27)25-15-17-6-4-5-7-20(17)24/h4-14H,15H2,1-3H3,(H,25,27). The van der Waals surface area contributed by atoms with E-state index in [0.717, 1.165) is 9.87 Å². The summed E-state index contributed by atoms with van der Waals surface area (Å²) in [6.07, 6.45) is 0. The molecule has 1 amide bonds. The van der Waals surface area contributed by atoms with E-state index in [4.69, 9.17) is 21.1 Å². The van der Waals surface area contributed by atoms with E-state index in [2.05, 4.69) is 5.32 Å². The van der Waals surface area contributed by atoms with E-state index in [9.17, 15) is 13.2 Å². The van der Waals surface area contributed by atoms with Crippen LogP contribution in [-0.4, -0.2) is 35.6 Å². The number of rotatable bonds is 8. The van der Waals surface area contributed by atoms with Crippen molar-refractivity contribution in [3.8, 4) is 11.5 Å². The number of ether oxygens (including phenoxy) is 2. The van der Waals surface area contributed by atoms with Crippen molar-refractivity contribution < 1.29 is 22.7 Å². The van der Waals surface area contributed by atoms with Gasteiger partial charge in [0.05, 0.1) is 24.8 Å². The Labute approximate surface area is 192 Å². The molecule has 0 bridgehead atoms. The molecule has 168 valence electrons. The number of amides is 1. The summed E-state index contributed by atoms with van der Waals surface area (Å²) in [5.74, 6) is 0.454. The van der Waals surface area contributed by atoms with Crippen LogP contribution in [0.4, 0.5) is 5.69 Å². The fourth-order valence-electron chi connectivity index (χ4n) is 3.02. The molecule has 0 heterocycles. The van der Waals surface area contributed by atoms with Crippen LogP contribution in [0.5, 0.6) is 11.5 Å². The molecule has 0 spiro atoms. The number of anilines is 1. The Kier molecular flexibility index (Phi) is 7.27. The van der Waals surface area contributed by atoms with Crippen LogP contribution in [-0.2, 0) is 16.6 Å². The molecule has 0 aromatic heterocycles. The SMILES string of the molecule is COc1ccc(S(=O)(=O)N(C)c2ccc(C(=O)NCc3ccccc3Cl)cc2)cc1OC. The number of halogens is 1. The van der Waals surface area contributed by atoms with E-state index in [1.807, 2.05) is 18.2 Å². The lowest BCUT2D eigenvalue weighted by Gasteiger charge is -2.20. The highest BCUT2D eigenvalue weighted by Crippen LogP contribution is 2.31. The number of hydrogen-bond acceptors (Lipinski definition) is 5. The van der Waals surface area contributed by atoms with Crippen LogP contribution in [0.1, 0.15) is 15.9 Å². The van der Waals surface area contributed by atoms with Gasteiger partial charge in [0.1, 0.15) is 0 Å². The highest BCUT2D eigenvalue weighted by atomic mass is 35.5. The topological polar surface area (TPSA) is 84.9 Å². The van der Waals surface area contributed by atoms with E-state index >= 15 is 0 Å². The molecule has 0 unspecified atom stereocenters. The molecule has 32 heavy (non-hydrogen) atoms. The van der Waals surface area contributed by atoms with E-state index in [1.54, 1.807) is 30.3 Å². The van der Waals surface area contributed by atoms with Gasteiger partial charge in [-0.2, -0.15) is 0 Å². The molecule has 1 N–H and O–H groups in total. The second-order valence-electron chi connectivity index (χ2n) is 6.81. The Hall–Kier alpha value is -3.23. The highest BCUT2D eigenvalue weighted by molar-refractivity contribution is 7.92. The van der Waals surface area contributed by atoms with Crippen LogP contribution in [0, 0.1) is 0 Å². The zero-order valence-corrected chi connectivity index (χ0v) is 19.4. The summed E-state index contributed by atoms with van der Waals surface area (Å²) in [7, 11) is 0.506. The molecule has 7 nitrogen and oxygen atoms in total. The molecule has 0 aliphatic rings. The smallest absolute Gasteiger partial charge is 0.264 e. The second kappa shape index (κ2) is 9.93. The normalized spacial score (nSPS) is 11.0. The van der Waals surface area contributed by atoms with Gasteiger partial charge in [0, 0.05) is 30.2 Å². The summed E-state index contributed by atoms with van der Waals surface area (Å²) in [5.41, 5.74) is 1.61. The third kappa shape index (κ3) is 4.98. The van der Waals surface area contributed by atoms with E-state index < -0.39 is 10.0 Å². The van der Waals surface area contributed by atoms with Gasteiger partial charge in [-0.15, -0.1) is 0 Å². The van der Waals surface area contributed by atoms with Gasteiger partial charge in [0.15, 0.2) is 11.5 Å². The van der Waals surface area contributed by atoms with Crippen LogP contribution < -0.4 is 19.1 Å². The third-order valence-electron chi connectivity index (χ3n) is 4.90. The molecule has 0 saturated carbocycles. The summed E-state index contributed by atoms with van der Waals surface area (Å²) >= 11 is 6.11. The van der Waals surface area contributed by atoms with Crippen molar-refractivity contribution in [2.75, 3.05) is 25.6 Å². The van der Waals surface area contributed by atoms with Crippen molar-refractivity contribution in [2.24, 2.45) is 0 Å². The van der Waals surface area contributed by atoms with E-state index in [1.165, 1.54) is 39.5 Å². The number of methoxy groups -OCH3 is 2. The van der Waals surface area contributed by atoms with E-state index in [0.29, 0.717) is 27.8 Å². The van der Waals surface area contributed by atoms with E-state index in [-0.39, 0.29) is 17.3 Å². The Morgan fingerprint density at radius 1 is 0.969 bits per heavy atom. The van der Waals surface area contributed by atoms with Crippen molar-refractivity contribution in [3.05, 3.63) is 82.9 Å². The van der Waals surface area contributed by atoms with Crippen LogP contribution >= 0.6 is 11.6 Å². The minimum Gasteiger partial charge on any atom is -0.493 e. The number of nitrogens with zero attached hydrogens (tertiary/aromatic N) is 1. The quantitative estimate of drug-likeness (QED) is 0.531. The highest BCUT2D eigenvalue weighted by Gasteiger charge is 2.23. The Bertz CT molecular complexity index is 1210. The lowest BCUT2D eigenvalue weighted by molar-refractivity contribution is 0.0951. The lowest BCUT2D eigenvalue weighted by atomic mass is 10.1. The monoisotopic (exact) mass is 474 g/mol. The van der Waals surface area contributed by atoms with Gasteiger partial charge in [-0.3, -0.25) is 9.10 Å². The maximum Gasteiger partial charge on any atom is 0.264 e. The summed E-state index contributed by atoms with van der Waals surface area (Å²) in [5, 5.41) is 3.38. The second-order valence-corrected chi connectivity index (χ2v) is 9.19. The number of carbonyl (C=O) groups is 1. The van der Waals surface area contributed by atoms with Crippen LogP contribution in [0.25, 0.3) is 0 Å². The van der Waals surface area contributed by atoms with Crippen molar-refractivity contribution in [1.82, 2.24) is 5.32 Å². The molecule has 0 aliphatic carbocycles. The molecular formula is C23H23ClN2O5S. The van der Waals surface area contributed by atoms with Crippen LogP contribution in [0.3, 0.4) is 0 Å². The predicted octanol–water partition coefficient (Wildman–Crippen LogP) is 4.11. The average molecular weight is 475 g/mol. The largest absolute Gasteiger partial charge is 0.493 e. The fourth-order valence-corrected chi connectivity index (χ4v) is 4.43. The molecule has 0 atom stereocenters. The van der Waals surface area contributed by atoms with Crippen molar-refractivity contribution in [2.45, 2.75) is 11.4 Å². The molecule has 0 fully saturated rings. The molecule has 3 aromatic carbocycles. The Morgan fingerprint density at radius 2 is 1.62 bits per heavy atom. The van der Waals surface area contributed by atoms with Gasteiger partial charge in [-0.05, 0) is 48.0 Å². The summed E-state index contributed by atoms with van der Waals surface area (Å²) < 4.78 is 37.6. The predicted molar refractivity (Wildman–Crippen MR) is 124 cm³/mol. The first-order chi connectivity index (χ1) is 15.3. The van der Waals surface area contributed by atoms with Gasteiger partial charge in [0.2, 0.25) is 0 Å². The summed E-state index contributed by atoms with van der Waals surface area (Å²) in [6, 6.07) is 17.9. The number of nitrogens with one attached hydrogen (secondary N) is 1. The minimum absolute atomic E-state index is 0.0548. The van der Waals surface area contributed by atoms with Gasteiger partial charge in [0.25, 0.3) is 15.9 Å². The van der Waals surface area contributed by atoms with Gasteiger partial charge < -0.3 is 14.8 Å². The molecule has 3 rings (SSSR count). The first-order valence-electron chi connectivity index (χ1n) is 9.60. The van der Waals surface area contributed by atoms with Crippen molar-refractivity contribution in [3.63, 3.8) is 0 Å². The molecule has 0 aliphatic heterocycles. The molecule has 9 heteroatoms.